The van der Waals surface area contributed by atoms with Gasteiger partial charge in [-0.3, -0.25) is 4.98 Å². The molecule has 0 bridgehead atoms. The van der Waals surface area contributed by atoms with E-state index in [-0.39, 0.29) is 40.4 Å². The molecule has 0 amide bonds. The van der Waals surface area contributed by atoms with Crippen LogP contribution in [0.5, 0.6) is 5.75 Å². The van der Waals surface area contributed by atoms with E-state index in [0.717, 1.165) is 24.7 Å². The molecule has 4 aromatic rings. The van der Waals surface area contributed by atoms with Gasteiger partial charge in [-0.1, -0.05) is 18.2 Å². The van der Waals surface area contributed by atoms with Crippen LogP contribution in [0.4, 0.5) is 30.7 Å². The van der Waals surface area contributed by atoms with Crippen molar-refractivity contribution in [1.82, 2.24) is 25.2 Å². The molecule has 4 rings (SSSR count). The molecular weight excluding hydrogens is 615 g/mol. The Morgan fingerprint density at radius 2 is 1.60 bits per heavy atom. The van der Waals surface area contributed by atoms with E-state index >= 15 is 8.78 Å². The standard InChI is InChI=1S/C23H17F7N5O5P.Mg/c24-16-4-7-18(19(25)9-16)21(40-41(36,37)38,11-35-13-32-33-34-35)23(29,30)20-8-3-15(10-31-20)14-1-5-17(6-2-14)39-12-22(26,27)28;/h1-10,13H,11-12H2,(H2,36,37,38);/q;+2/p-2. The van der Waals surface area contributed by atoms with Crippen molar-refractivity contribution in [2.75, 3.05) is 6.61 Å². The van der Waals surface area contributed by atoms with Gasteiger partial charge >= 0.3 is 35.2 Å². The summed E-state index contributed by atoms with van der Waals surface area (Å²) in [6, 6.07) is 8.08. The van der Waals surface area contributed by atoms with Gasteiger partial charge in [-0.05, 0) is 46.3 Å². The fourth-order valence-electron chi connectivity index (χ4n) is 3.84. The van der Waals surface area contributed by atoms with Crippen LogP contribution >= 0.6 is 7.82 Å². The monoisotopic (exact) mass is 629 g/mol. The van der Waals surface area contributed by atoms with E-state index in [1.54, 1.807) is 0 Å². The van der Waals surface area contributed by atoms with E-state index in [1.807, 2.05) is 0 Å². The Hall–Kier alpha value is -3.15. The van der Waals surface area contributed by atoms with Gasteiger partial charge < -0.3 is 23.6 Å². The second kappa shape index (κ2) is 12.6. The van der Waals surface area contributed by atoms with Gasteiger partial charge in [0.25, 0.3) is 0 Å². The Morgan fingerprint density at radius 3 is 2.12 bits per heavy atom. The Kier molecular flexibility index (Phi) is 10.0. The maximum absolute atomic E-state index is 16.3. The number of hydrogen-bond acceptors (Lipinski definition) is 9. The van der Waals surface area contributed by atoms with E-state index in [4.69, 9.17) is 0 Å². The van der Waals surface area contributed by atoms with Gasteiger partial charge in [0.1, 0.15) is 29.4 Å². The number of hydrogen-bond donors (Lipinski definition) is 0. The third-order valence-corrected chi connectivity index (χ3v) is 6.13. The normalized spacial score (nSPS) is 13.7. The zero-order valence-corrected chi connectivity index (χ0v) is 23.2. The zero-order valence-electron chi connectivity index (χ0n) is 20.8. The largest absolute Gasteiger partial charge is 2.00 e. The first-order chi connectivity index (χ1) is 19.1. The minimum atomic E-state index is -6.33. The Morgan fingerprint density at radius 1 is 0.929 bits per heavy atom. The van der Waals surface area contributed by atoms with Crippen LogP contribution in [0.3, 0.4) is 0 Å². The predicted octanol–water partition coefficient (Wildman–Crippen LogP) is 3.11. The average Bonchev–Trinajstić information content (AvgIpc) is 3.39. The van der Waals surface area contributed by atoms with Crippen LogP contribution in [0.15, 0.2) is 67.1 Å². The van der Waals surface area contributed by atoms with E-state index in [0.29, 0.717) is 22.4 Å². The molecule has 0 fully saturated rings. The molecule has 0 saturated heterocycles. The summed E-state index contributed by atoms with van der Waals surface area (Å²) in [5.41, 5.74) is -5.60. The summed E-state index contributed by atoms with van der Waals surface area (Å²) in [4.78, 5) is 27.1. The molecule has 218 valence electrons. The van der Waals surface area contributed by atoms with Crippen LogP contribution in [-0.2, 0) is 27.2 Å². The molecule has 2 aromatic carbocycles. The first kappa shape index (κ1) is 33.3. The van der Waals surface area contributed by atoms with Crippen LogP contribution in [0, 0.1) is 11.6 Å². The fourth-order valence-corrected chi connectivity index (χ4v) is 4.50. The summed E-state index contributed by atoms with van der Waals surface area (Å²) < 4.78 is 119. The number of ether oxygens (including phenoxy) is 1. The molecule has 0 N–H and O–H groups in total. The van der Waals surface area contributed by atoms with Crippen LogP contribution in [-0.4, -0.2) is 61.0 Å². The molecule has 10 nitrogen and oxygen atoms in total. The van der Waals surface area contributed by atoms with E-state index < -0.39 is 61.6 Å². The third kappa shape index (κ3) is 7.62. The molecule has 2 aromatic heterocycles. The Balaban J connectivity index is 0.00000484. The van der Waals surface area contributed by atoms with Crippen LogP contribution in [0.1, 0.15) is 11.3 Å². The van der Waals surface area contributed by atoms with Crippen LogP contribution in [0.25, 0.3) is 11.1 Å². The topological polar surface area (TPSA) is 138 Å². The summed E-state index contributed by atoms with van der Waals surface area (Å²) in [6.07, 6.45) is -2.89. The van der Waals surface area contributed by atoms with Crippen molar-refractivity contribution in [2.45, 2.75) is 24.2 Å². The number of rotatable bonds is 10. The molecule has 0 radical (unpaired) electrons. The number of halogens is 7. The minimum Gasteiger partial charge on any atom is -0.790 e. The summed E-state index contributed by atoms with van der Waals surface area (Å²) >= 11 is 0. The average molecular weight is 630 g/mol. The van der Waals surface area contributed by atoms with Crippen LogP contribution < -0.4 is 14.5 Å². The molecule has 42 heavy (non-hydrogen) atoms. The number of phosphoric acid groups is 1. The first-order valence-electron chi connectivity index (χ1n) is 11.1. The van der Waals surface area contributed by atoms with Crippen molar-refractivity contribution in [3.05, 3.63) is 90.0 Å². The van der Waals surface area contributed by atoms with Gasteiger partial charge in [-0.15, -0.1) is 5.10 Å². The summed E-state index contributed by atoms with van der Waals surface area (Å²) in [5, 5.41) is 9.83. The van der Waals surface area contributed by atoms with Gasteiger partial charge in [0.05, 0.1) is 14.4 Å². The van der Waals surface area contributed by atoms with Gasteiger partial charge in [0.2, 0.25) is 0 Å². The second-order valence-corrected chi connectivity index (χ2v) is 9.51. The number of aromatic nitrogens is 5. The number of tetrazole rings is 1. The zero-order chi connectivity index (χ0) is 30.1. The van der Waals surface area contributed by atoms with Crippen molar-refractivity contribution < 1.29 is 54.3 Å². The van der Waals surface area contributed by atoms with Crippen molar-refractivity contribution >= 4 is 30.9 Å². The van der Waals surface area contributed by atoms with Gasteiger partial charge in [-0.25, -0.2) is 13.5 Å². The summed E-state index contributed by atoms with van der Waals surface area (Å²) in [5.74, 6) is -7.60. The molecule has 0 aliphatic rings. The van der Waals surface area contributed by atoms with Gasteiger partial charge in [0, 0.05) is 23.4 Å². The molecule has 0 saturated carbocycles. The molecule has 0 aliphatic carbocycles. The van der Waals surface area contributed by atoms with Gasteiger partial charge in [-0.2, -0.15) is 22.0 Å². The molecule has 1 atom stereocenters. The third-order valence-electron chi connectivity index (χ3n) is 5.59. The molecule has 0 spiro atoms. The van der Waals surface area contributed by atoms with Crippen molar-refractivity contribution in [1.29, 1.82) is 0 Å². The summed E-state index contributed by atoms with van der Waals surface area (Å²) in [7, 11) is -6.33. The van der Waals surface area contributed by atoms with Crippen molar-refractivity contribution in [2.24, 2.45) is 0 Å². The SMILES string of the molecule is O=P([O-])([O-])OC(Cn1cnnn1)(c1ccc(F)cc1F)C(F)(F)c1ccc(-c2ccc(OCC(F)(F)F)cc2)cn1.[Mg+2]. The van der Waals surface area contributed by atoms with E-state index in [1.165, 1.54) is 24.3 Å². The minimum absolute atomic E-state index is 0. The van der Waals surface area contributed by atoms with Crippen molar-refractivity contribution in [3.8, 4) is 16.9 Å². The number of nitrogens with zero attached hydrogens (tertiary/aromatic N) is 5. The second-order valence-electron chi connectivity index (χ2n) is 8.43. The van der Waals surface area contributed by atoms with Gasteiger partial charge in [0.15, 0.2) is 12.2 Å². The smallest absolute Gasteiger partial charge is 0.790 e. The maximum Gasteiger partial charge on any atom is 2.00 e. The number of alkyl halides is 5. The number of phosphoric ester groups is 1. The number of pyridine rings is 1. The maximum atomic E-state index is 16.3. The quantitative estimate of drug-likeness (QED) is 0.147. The molecule has 0 aliphatic heterocycles. The Labute approximate surface area is 247 Å². The molecule has 1 unspecified atom stereocenters. The fraction of sp³-hybridized carbons (Fsp3) is 0.217. The first-order valence-corrected chi connectivity index (χ1v) is 12.6. The summed E-state index contributed by atoms with van der Waals surface area (Å²) in [6.45, 7) is -2.87. The molecule has 19 heteroatoms. The molecule has 2 heterocycles. The number of benzene rings is 2. The van der Waals surface area contributed by atoms with E-state index in [9.17, 15) is 36.3 Å². The Bertz CT molecular complexity index is 1540. The van der Waals surface area contributed by atoms with E-state index in [2.05, 4.69) is 29.8 Å². The predicted molar refractivity (Wildman–Crippen MR) is 125 cm³/mol. The van der Waals surface area contributed by atoms with Crippen LogP contribution in [0.2, 0.25) is 0 Å². The molecular formula is C23H15F7MgN5O5P. The van der Waals surface area contributed by atoms with Crippen molar-refractivity contribution in [3.63, 3.8) is 0 Å².